The van der Waals surface area contributed by atoms with Gasteiger partial charge in [0.25, 0.3) is 0 Å². The van der Waals surface area contributed by atoms with Gasteiger partial charge in [0.1, 0.15) is 5.75 Å². The summed E-state index contributed by atoms with van der Waals surface area (Å²) in [5, 5.41) is 3.81. The van der Waals surface area contributed by atoms with E-state index < -0.39 is 5.92 Å². The van der Waals surface area contributed by atoms with Crippen LogP contribution in [0.2, 0.25) is 0 Å². The molecule has 1 aromatic heterocycles. The summed E-state index contributed by atoms with van der Waals surface area (Å²) >= 11 is 3.42. The largest absolute Gasteiger partial charge is 0.497 e. The van der Waals surface area contributed by atoms with E-state index in [0.717, 1.165) is 15.5 Å². The smallest absolute Gasteiger partial charge is 0.229 e. The minimum atomic E-state index is -0.434. The van der Waals surface area contributed by atoms with Gasteiger partial charge in [0.15, 0.2) is 0 Å². The summed E-state index contributed by atoms with van der Waals surface area (Å²) in [5.41, 5.74) is 2.04. The molecule has 6 nitrogen and oxygen atoms in total. The summed E-state index contributed by atoms with van der Waals surface area (Å²) in [5.74, 6) is -0.0663. The van der Waals surface area contributed by atoms with E-state index in [-0.39, 0.29) is 18.2 Å². The van der Waals surface area contributed by atoms with Crippen molar-refractivity contribution in [1.29, 1.82) is 0 Å². The summed E-state index contributed by atoms with van der Waals surface area (Å²) in [6.45, 7) is 0.344. The Balaban J connectivity index is 1.56. The number of nitrogens with one attached hydrogen (secondary N) is 1. The molecule has 0 aliphatic carbocycles. The van der Waals surface area contributed by atoms with Crippen LogP contribution in [-0.4, -0.2) is 30.5 Å². The molecule has 28 heavy (non-hydrogen) atoms. The van der Waals surface area contributed by atoms with Crippen molar-refractivity contribution in [2.75, 3.05) is 23.9 Å². The molecule has 3 aromatic rings. The van der Waals surface area contributed by atoms with Crippen LogP contribution in [0.3, 0.4) is 0 Å². The van der Waals surface area contributed by atoms with Gasteiger partial charge in [-0.05, 0) is 30.3 Å². The van der Waals surface area contributed by atoms with Crippen molar-refractivity contribution in [3.05, 3.63) is 59.2 Å². The number of halogens is 1. The summed E-state index contributed by atoms with van der Waals surface area (Å²) in [6, 6.07) is 14.9. The van der Waals surface area contributed by atoms with Crippen molar-refractivity contribution in [1.82, 2.24) is 4.98 Å². The number of amides is 2. The first-order valence-electron chi connectivity index (χ1n) is 8.84. The number of benzene rings is 2. The summed E-state index contributed by atoms with van der Waals surface area (Å²) in [4.78, 5) is 31.4. The molecule has 1 fully saturated rings. The van der Waals surface area contributed by atoms with Crippen LogP contribution >= 0.6 is 15.9 Å². The zero-order valence-electron chi connectivity index (χ0n) is 15.2. The molecule has 4 rings (SSSR count). The first kappa shape index (κ1) is 18.4. The maximum absolute atomic E-state index is 12.9. The average Bonchev–Trinajstić information content (AvgIpc) is 3.09. The Morgan fingerprint density at radius 3 is 2.89 bits per heavy atom. The second kappa shape index (κ2) is 7.59. The summed E-state index contributed by atoms with van der Waals surface area (Å²) < 4.78 is 6.22. The Hall–Kier alpha value is -2.93. The predicted octanol–water partition coefficient (Wildman–Crippen LogP) is 4.00. The molecule has 1 aliphatic rings. The van der Waals surface area contributed by atoms with Crippen LogP contribution in [-0.2, 0) is 9.59 Å². The number of nitrogens with zero attached hydrogens (tertiary/aromatic N) is 2. The number of rotatable bonds is 4. The van der Waals surface area contributed by atoms with E-state index in [9.17, 15) is 9.59 Å². The van der Waals surface area contributed by atoms with Gasteiger partial charge in [-0.3, -0.25) is 14.6 Å². The first-order valence-corrected chi connectivity index (χ1v) is 9.64. The zero-order chi connectivity index (χ0) is 19.7. The van der Waals surface area contributed by atoms with E-state index in [2.05, 4.69) is 26.2 Å². The standard InChI is InChI=1S/C21H18BrN3O3/c1-28-17-8-13-4-3-7-23-20(13)18(11-17)24-21(27)14-9-19(26)25(12-14)16-6-2-5-15(22)10-16/h2-8,10-11,14H,9,12H2,1H3,(H,24,27). The molecule has 2 heterocycles. The number of hydrogen-bond acceptors (Lipinski definition) is 4. The molecular weight excluding hydrogens is 422 g/mol. The normalized spacial score (nSPS) is 16.4. The van der Waals surface area contributed by atoms with Crippen molar-refractivity contribution in [2.24, 2.45) is 5.92 Å². The van der Waals surface area contributed by atoms with E-state index >= 15 is 0 Å². The number of aromatic nitrogens is 1. The lowest BCUT2D eigenvalue weighted by Crippen LogP contribution is -2.28. The number of anilines is 2. The summed E-state index contributed by atoms with van der Waals surface area (Å²) in [7, 11) is 1.58. The topological polar surface area (TPSA) is 71.5 Å². The molecule has 2 amide bonds. The van der Waals surface area contributed by atoms with Gasteiger partial charge in [0, 0.05) is 40.8 Å². The van der Waals surface area contributed by atoms with E-state index in [1.807, 2.05) is 42.5 Å². The second-order valence-electron chi connectivity index (χ2n) is 6.62. The highest BCUT2D eigenvalue weighted by Gasteiger charge is 2.35. The molecule has 0 spiro atoms. The number of carbonyl (C=O) groups is 2. The van der Waals surface area contributed by atoms with Crippen molar-refractivity contribution in [3.63, 3.8) is 0 Å². The Labute approximate surface area is 170 Å². The second-order valence-corrected chi connectivity index (χ2v) is 7.54. The molecule has 1 unspecified atom stereocenters. The van der Waals surface area contributed by atoms with Crippen LogP contribution in [0.25, 0.3) is 10.9 Å². The van der Waals surface area contributed by atoms with Crippen LogP contribution < -0.4 is 15.0 Å². The predicted molar refractivity (Wildman–Crippen MR) is 112 cm³/mol. The van der Waals surface area contributed by atoms with Gasteiger partial charge >= 0.3 is 0 Å². The number of fused-ring (bicyclic) bond motifs is 1. The van der Waals surface area contributed by atoms with Gasteiger partial charge in [-0.15, -0.1) is 0 Å². The molecule has 142 valence electrons. The van der Waals surface area contributed by atoms with Gasteiger partial charge in [-0.1, -0.05) is 28.1 Å². The lowest BCUT2D eigenvalue weighted by molar-refractivity contribution is -0.122. The number of methoxy groups -OCH3 is 1. The van der Waals surface area contributed by atoms with Gasteiger partial charge in [0.05, 0.1) is 24.2 Å². The lowest BCUT2D eigenvalue weighted by Gasteiger charge is -2.17. The highest BCUT2D eigenvalue weighted by molar-refractivity contribution is 9.10. The Morgan fingerprint density at radius 1 is 1.25 bits per heavy atom. The fourth-order valence-electron chi connectivity index (χ4n) is 3.39. The van der Waals surface area contributed by atoms with Crippen LogP contribution in [0.15, 0.2) is 59.2 Å². The van der Waals surface area contributed by atoms with Crippen molar-refractivity contribution in [3.8, 4) is 5.75 Å². The molecule has 0 radical (unpaired) electrons. The van der Waals surface area contributed by atoms with Gasteiger partial charge in [-0.2, -0.15) is 0 Å². The third-order valence-corrected chi connectivity index (χ3v) is 5.28. The molecule has 2 aromatic carbocycles. The third kappa shape index (κ3) is 3.57. The van der Waals surface area contributed by atoms with Gasteiger partial charge < -0.3 is 15.0 Å². The monoisotopic (exact) mass is 439 g/mol. The molecule has 7 heteroatoms. The van der Waals surface area contributed by atoms with Crippen LogP contribution in [0.4, 0.5) is 11.4 Å². The zero-order valence-corrected chi connectivity index (χ0v) is 16.8. The Kier molecular flexibility index (Phi) is 5.00. The molecule has 0 bridgehead atoms. The van der Waals surface area contributed by atoms with Crippen LogP contribution in [0.1, 0.15) is 6.42 Å². The number of hydrogen-bond donors (Lipinski definition) is 1. The molecule has 1 atom stereocenters. The van der Waals surface area contributed by atoms with Gasteiger partial charge in [0.2, 0.25) is 11.8 Å². The van der Waals surface area contributed by atoms with E-state index in [1.165, 1.54) is 0 Å². The van der Waals surface area contributed by atoms with Crippen molar-refractivity contribution >= 4 is 50.0 Å². The fraction of sp³-hybridized carbons (Fsp3) is 0.190. The number of ether oxygens (including phenoxy) is 1. The van der Waals surface area contributed by atoms with Crippen molar-refractivity contribution < 1.29 is 14.3 Å². The summed E-state index contributed by atoms with van der Waals surface area (Å²) in [6.07, 6.45) is 1.85. The highest BCUT2D eigenvalue weighted by atomic mass is 79.9. The van der Waals surface area contributed by atoms with Crippen molar-refractivity contribution in [2.45, 2.75) is 6.42 Å². The molecular formula is C21H18BrN3O3. The Bertz CT molecular complexity index is 1070. The van der Waals surface area contributed by atoms with E-state index in [0.29, 0.717) is 23.5 Å². The molecule has 1 N–H and O–H groups in total. The number of carbonyl (C=O) groups excluding carboxylic acids is 2. The van der Waals surface area contributed by atoms with E-state index in [4.69, 9.17) is 4.74 Å². The average molecular weight is 440 g/mol. The highest BCUT2D eigenvalue weighted by Crippen LogP contribution is 2.31. The lowest BCUT2D eigenvalue weighted by atomic mass is 10.1. The SMILES string of the molecule is COc1cc(NC(=O)C2CC(=O)N(c3cccc(Br)c3)C2)c2ncccc2c1. The van der Waals surface area contributed by atoms with E-state index in [1.54, 1.807) is 24.3 Å². The van der Waals surface area contributed by atoms with Crippen LogP contribution in [0, 0.1) is 5.92 Å². The molecule has 1 aliphatic heterocycles. The number of pyridine rings is 1. The quantitative estimate of drug-likeness (QED) is 0.666. The third-order valence-electron chi connectivity index (χ3n) is 4.79. The first-order chi connectivity index (χ1) is 13.5. The molecule has 1 saturated heterocycles. The fourth-order valence-corrected chi connectivity index (χ4v) is 3.78. The van der Waals surface area contributed by atoms with Crippen LogP contribution in [0.5, 0.6) is 5.75 Å². The minimum absolute atomic E-state index is 0.0631. The maximum Gasteiger partial charge on any atom is 0.229 e. The maximum atomic E-state index is 12.9. The van der Waals surface area contributed by atoms with Gasteiger partial charge in [-0.25, -0.2) is 0 Å². The molecule has 0 saturated carbocycles. The minimum Gasteiger partial charge on any atom is -0.497 e. The Morgan fingerprint density at radius 2 is 2.11 bits per heavy atom.